The lowest BCUT2D eigenvalue weighted by molar-refractivity contribution is 0.549. The van der Waals surface area contributed by atoms with E-state index in [1.807, 2.05) is 7.05 Å². The molecule has 0 amide bonds. The largest absolute Gasteiger partial charge is 0.378 e. The number of hydrogen-bond donors (Lipinski definition) is 2. The number of guanidine groups is 1. The topological polar surface area (TPSA) is 39.7 Å². The Kier molecular flexibility index (Phi) is 11.1. The Bertz CT molecular complexity index is 427. The normalized spacial score (nSPS) is 11.1. The smallest absolute Gasteiger partial charge is 0.191 e. The van der Waals surface area contributed by atoms with E-state index >= 15 is 0 Å². The molecule has 0 saturated heterocycles. The molecule has 0 aliphatic carbocycles. The molecular formula is C17H31IN4. The van der Waals surface area contributed by atoms with Gasteiger partial charge in [-0.05, 0) is 36.5 Å². The second-order valence-corrected chi connectivity index (χ2v) is 5.95. The van der Waals surface area contributed by atoms with Gasteiger partial charge in [0.15, 0.2) is 5.96 Å². The minimum absolute atomic E-state index is 0. The number of benzene rings is 1. The molecule has 0 saturated carbocycles. The summed E-state index contributed by atoms with van der Waals surface area (Å²) < 4.78 is 0. The summed E-state index contributed by atoms with van der Waals surface area (Å²) in [5, 5.41) is 6.70. The first-order valence-electron chi connectivity index (χ1n) is 7.73. The molecule has 1 rings (SSSR count). The molecule has 22 heavy (non-hydrogen) atoms. The van der Waals surface area contributed by atoms with Crippen LogP contribution < -0.4 is 15.5 Å². The van der Waals surface area contributed by atoms with Crippen LogP contribution in [0.3, 0.4) is 0 Å². The van der Waals surface area contributed by atoms with Gasteiger partial charge in [0.1, 0.15) is 0 Å². The van der Waals surface area contributed by atoms with Gasteiger partial charge in [-0.15, -0.1) is 24.0 Å². The summed E-state index contributed by atoms with van der Waals surface area (Å²) in [5.74, 6) is 1.63. The van der Waals surface area contributed by atoms with Crippen LogP contribution in [-0.4, -0.2) is 33.6 Å². The maximum absolute atomic E-state index is 4.25. The highest BCUT2D eigenvalue weighted by molar-refractivity contribution is 14.0. The van der Waals surface area contributed by atoms with E-state index in [-0.39, 0.29) is 24.0 Å². The lowest BCUT2D eigenvalue weighted by Gasteiger charge is -2.14. The highest BCUT2D eigenvalue weighted by Gasteiger charge is 2.00. The minimum atomic E-state index is 0. The first kappa shape index (κ1) is 21.0. The predicted octanol–water partition coefficient (Wildman–Crippen LogP) is 3.47. The Hall–Kier alpha value is -0.980. The van der Waals surface area contributed by atoms with Gasteiger partial charge in [-0.2, -0.15) is 0 Å². The summed E-state index contributed by atoms with van der Waals surface area (Å²) in [6.07, 6.45) is 2.42. The molecule has 1 aromatic carbocycles. The third-order valence-corrected chi connectivity index (χ3v) is 3.39. The second-order valence-electron chi connectivity index (χ2n) is 5.95. The highest BCUT2D eigenvalue weighted by atomic mass is 127. The zero-order valence-corrected chi connectivity index (χ0v) is 16.8. The van der Waals surface area contributed by atoms with E-state index in [4.69, 9.17) is 0 Å². The molecule has 0 aliphatic rings. The second kappa shape index (κ2) is 11.6. The van der Waals surface area contributed by atoms with Gasteiger partial charge in [-0.25, -0.2) is 0 Å². The molecule has 0 bridgehead atoms. The molecule has 1 aromatic rings. The Morgan fingerprint density at radius 3 is 2.27 bits per heavy atom. The number of nitrogens with one attached hydrogen (secondary N) is 2. The van der Waals surface area contributed by atoms with Crippen molar-refractivity contribution in [3.05, 3.63) is 29.8 Å². The number of aliphatic imine (C=N–C) groups is 1. The van der Waals surface area contributed by atoms with Crippen LogP contribution in [-0.2, 0) is 6.54 Å². The minimum Gasteiger partial charge on any atom is -0.378 e. The van der Waals surface area contributed by atoms with Gasteiger partial charge < -0.3 is 15.5 Å². The quantitative estimate of drug-likeness (QED) is 0.308. The van der Waals surface area contributed by atoms with Crippen molar-refractivity contribution in [1.82, 2.24) is 10.6 Å². The SMILES string of the molecule is CN=C(NCCCC(C)C)NCc1ccc(N(C)C)cc1.I. The molecule has 0 fully saturated rings. The van der Waals surface area contributed by atoms with Gasteiger partial charge in [-0.1, -0.05) is 26.0 Å². The Labute approximate surface area is 152 Å². The van der Waals surface area contributed by atoms with Gasteiger partial charge in [0, 0.05) is 39.9 Å². The van der Waals surface area contributed by atoms with E-state index in [1.54, 1.807) is 0 Å². The van der Waals surface area contributed by atoms with Gasteiger partial charge in [0.05, 0.1) is 0 Å². The summed E-state index contributed by atoms with van der Waals surface area (Å²) in [6.45, 7) is 6.27. The number of rotatable bonds is 7. The van der Waals surface area contributed by atoms with Gasteiger partial charge in [0.25, 0.3) is 0 Å². The Morgan fingerprint density at radius 2 is 1.77 bits per heavy atom. The maximum atomic E-state index is 4.25. The molecule has 2 N–H and O–H groups in total. The van der Waals surface area contributed by atoms with Crippen LogP contribution in [0.5, 0.6) is 0 Å². The maximum Gasteiger partial charge on any atom is 0.191 e. The Balaban J connectivity index is 0.00000441. The first-order chi connectivity index (χ1) is 10.0. The third kappa shape index (κ3) is 8.46. The van der Waals surface area contributed by atoms with Crippen molar-refractivity contribution < 1.29 is 0 Å². The van der Waals surface area contributed by atoms with Crippen LogP contribution in [0, 0.1) is 5.92 Å². The van der Waals surface area contributed by atoms with Crippen LogP contribution in [0.25, 0.3) is 0 Å². The fourth-order valence-electron chi connectivity index (χ4n) is 2.04. The number of hydrogen-bond acceptors (Lipinski definition) is 2. The van der Waals surface area contributed by atoms with E-state index in [0.29, 0.717) is 0 Å². The van der Waals surface area contributed by atoms with Crippen LogP contribution in [0.4, 0.5) is 5.69 Å². The molecule has 0 radical (unpaired) electrons. The Morgan fingerprint density at radius 1 is 1.14 bits per heavy atom. The van der Waals surface area contributed by atoms with Gasteiger partial charge >= 0.3 is 0 Å². The van der Waals surface area contributed by atoms with E-state index in [9.17, 15) is 0 Å². The third-order valence-electron chi connectivity index (χ3n) is 3.39. The van der Waals surface area contributed by atoms with Crippen molar-refractivity contribution in [2.45, 2.75) is 33.2 Å². The number of halogens is 1. The zero-order chi connectivity index (χ0) is 15.7. The zero-order valence-electron chi connectivity index (χ0n) is 14.5. The fourth-order valence-corrected chi connectivity index (χ4v) is 2.04. The van der Waals surface area contributed by atoms with Crippen LogP contribution >= 0.6 is 24.0 Å². The summed E-state index contributed by atoms with van der Waals surface area (Å²) in [5.41, 5.74) is 2.47. The molecule has 0 atom stereocenters. The monoisotopic (exact) mass is 418 g/mol. The molecule has 0 aromatic heterocycles. The number of anilines is 1. The molecule has 5 heteroatoms. The van der Waals surface area contributed by atoms with E-state index in [1.165, 1.54) is 24.1 Å². The average molecular weight is 418 g/mol. The van der Waals surface area contributed by atoms with Crippen molar-refractivity contribution in [3.8, 4) is 0 Å². The van der Waals surface area contributed by atoms with Crippen molar-refractivity contribution in [1.29, 1.82) is 0 Å². The standard InChI is InChI=1S/C17H30N4.HI/c1-14(2)7-6-12-19-17(18-3)20-13-15-8-10-16(11-9-15)21(4)5;/h8-11,14H,6-7,12-13H2,1-5H3,(H2,18,19,20);1H. The molecular weight excluding hydrogens is 387 g/mol. The molecule has 0 aliphatic heterocycles. The van der Waals surface area contributed by atoms with Crippen molar-refractivity contribution >= 4 is 35.6 Å². The molecule has 0 heterocycles. The van der Waals surface area contributed by atoms with E-state index < -0.39 is 0 Å². The van der Waals surface area contributed by atoms with Crippen molar-refractivity contribution in [2.24, 2.45) is 10.9 Å². The van der Waals surface area contributed by atoms with Crippen LogP contribution in [0.15, 0.2) is 29.3 Å². The summed E-state index contributed by atoms with van der Waals surface area (Å²) in [7, 11) is 5.92. The van der Waals surface area contributed by atoms with Crippen molar-refractivity contribution in [2.75, 3.05) is 32.6 Å². The molecule has 4 nitrogen and oxygen atoms in total. The van der Waals surface area contributed by atoms with E-state index in [0.717, 1.165) is 25.0 Å². The average Bonchev–Trinajstić information content (AvgIpc) is 2.46. The van der Waals surface area contributed by atoms with Gasteiger partial charge in [-0.3, -0.25) is 4.99 Å². The summed E-state index contributed by atoms with van der Waals surface area (Å²) >= 11 is 0. The lowest BCUT2D eigenvalue weighted by atomic mass is 10.1. The van der Waals surface area contributed by atoms with Crippen LogP contribution in [0.2, 0.25) is 0 Å². The molecule has 126 valence electrons. The molecule has 0 spiro atoms. The first-order valence-corrected chi connectivity index (χ1v) is 7.73. The summed E-state index contributed by atoms with van der Waals surface area (Å²) in [4.78, 5) is 6.36. The number of nitrogens with zero attached hydrogens (tertiary/aromatic N) is 2. The lowest BCUT2D eigenvalue weighted by Crippen LogP contribution is -2.37. The summed E-state index contributed by atoms with van der Waals surface area (Å²) in [6, 6.07) is 8.56. The van der Waals surface area contributed by atoms with Crippen LogP contribution in [0.1, 0.15) is 32.3 Å². The molecule has 0 unspecified atom stereocenters. The predicted molar refractivity (Wildman–Crippen MR) is 108 cm³/mol. The van der Waals surface area contributed by atoms with E-state index in [2.05, 4.69) is 72.7 Å². The van der Waals surface area contributed by atoms with Crippen molar-refractivity contribution in [3.63, 3.8) is 0 Å². The highest BCUT2D eigenvalue weighted by Crippen LogP contribution is 2.11. The fraction of sp³-hybridized carbons (Fsp3) is 0.588. The van der Waals surface area contributed by atoms with Gasteiger partial charge in [0.2, 0.25) is 0 Å².